The first-order valence-electron chi connectivity index (χ1n) is 7.21. The summed E-state index contributed by atoms with van der Waals surface area (Å²) in [5.74, 6) is 0.571. The molecule has 0 aromatic heterocycles. The second-order valence-electron chi connectivity index (χ2n) is 5.63. The van der Waals surface area contributed by atoms with E-state index in [0.29, 0.717) is 16.5 Å². The molecule has 6 heteroatoms. The molecule has 1 saturated heterocycles. The Balaban J connectivity index is 1.73. The van der Waals surface area contributed by atoms with Crippen LogP contribution in [-0.4, -0.2) is 34.1 Å². The lowest BCUT2D eigenvalue weighted by molar-refractivity contribution is 0.580. The maximum absolute atomic E-state index is 12.3. The normalized spacial score (nSPS) is 22.9. The van der Waals surface area contributed by atoms with Crippen molar-refractivity contribution < 1.29 is 8.42 Å². The zero-order valence-corrected chi connectivity index (χ0v) is 12.2. The van der Waals surface area contributed by atoms with Crippen molar-refractivity contribution in [3.05, 3.63) is 24.3 Å². The second-order valence-corrected chi connectivity index (χ2v) is 7.31. The van der Waals surface area contributed by atoms with Crippen LogP contribution in [0.1, 0.15) is 19.3 Å². The molecule has 1 heterocycles. The number of nitrogens with one attached hydrogen (secondary N) is 3. The van der Waals surface area contributed by atoms with Gasteiger partial charge in [-0.2, -0.15) is 0 Å². The van der Waals surface area contributed by atoms with Crippen LogP contribution in [0.15, 0.2) is 29.2 Å². The van der Waals surface area contributed by atoms with E-state index in [-0.39, 0.29) is 6.04 Å². The van der Waals surface area contributed by atoms with Gasteiger partial charge in [0, 0.05) is 12.6 Å². The fraction of sp³-hybridized carbons (Fsp3) is 0.571. The van der Waals surface area contributed by atoms with Crippen LogP contribution in [0.2, 0.25) is 0 Å². The van der Waals surface area contributed by atoms with Crippen LogP contribution in [0, 0.1) is 5.92 Å². The van der Waals surface area contributed by atoms with Crippen molar-refractivity contribution in [1.29, 1.82) is 0 Å². The monoisotopic (exact) mass is 295 g/mol. The van der Waals surface area contributed by atoms with Crippen molar-refractivity contribution in [3.8, 4) is 0 Å². The SMILES string of the molecule is O=S(=O)(NC1CC1)c1ccccc1NCC1CCNC1. The molecular weight excluding hydrogens is 274 g/mol. The Morgan fingerprint density at radius 1 is 1.20 bits per heavy atom. The number of rotatable bonds is 6. The zero-order chi connectivity index (χ0) is 14.0. The van der Waals surface area contributed by atoms with E-state index >= 15 is 0 Å². The molecule has 3 rings (SSSR count). The number of benzene rings is 1. The van der Waals surface area contributed by atoms with Gasteiger partial charge in [0.15, 0.2) is 0 Å². The predicted molar refractivity (Wildman–Crippen MR) is 79.3 cm³/mol. The highest BCUT2D eigenvalue weighted by Gasteiger charge is 2.29. The third-order valence-corrected chi connectivity index (χ3v) is 5.40. The fourth-order valence-corrected chi connectivity index (χ4v) is 3.96. The van der Waals surface area contributed by atoms with E-state index in [0.717, 1.165) is 38.9 Å². The molecular formula is C14H21N3O2S. The molecule has 1 aliphatic heterocycles. The lowest BCUT2D eigenvalue weighted by Gasteiger charge is -2.15. The Kier molecular flexibility index (Phi) is 3.96. The minimum atomic E-state index is -3.40. The summed E-state index contributed by atoms with van der Waals surface area (Å²) in [5, 5.41) is 6.61. The average molecular weight is 295 g/mol. The van der Waals surface area contributed by atoms with E-state index in [1.54, 1.807) is 12.1 Å². The Hall–Kier alpha value is -1.11. The lowest BCUT2D eigenvalue weighted by Crippen LogP contribution is -2.27. The summed E-state index contributed by atoms with van der Waals surface area (Å²) in [6.45, 7) is 2.86. The molecule has 5 nitrogen and oxygen atoms in total. The van der Waals surface area contributed by atoms with Crippen molar-refractivity contribution in [2.45, 2.75) is 30.2 Å². The van der Waals surface area contributed by atoms with E-state index in [2.05, 4.69) is 15.4 Å². The van der Waals surface area contributed by atoms with Gasteiger partial charge in [-0.3, -0.25) is 0 Å². The van der Waals surface area contributed by atoms with E-state index in [1.165, 1.54) is 0 Å². The van der Waals surface area contributed by atoms with E-state index in [9.17, 15) is 8.42 Å². The minimum Gasteiger partial charge on any atom is -0.384 e. The Labute approximate surface area is 120 Å². The summed E-state index contributed by atoms with van der Waals surface area (Å²) in [7, 11) is -3.40. The maximum atomic E-state index is 12.3. The van der Waals surface area contributed by atoms with Crippen LogP contribution in [0.3, 0.4) is 0 Å². The van der Waals surface area contributed by atoms with Gasteiger partial charge in [0.25, 0.3) is 0 Å². The highest BCUT2D eigenvalue weighted by Crippen LogP contribution is 2.26. The largest absolute Gasteiger partial charge is 0.384 e. The highest BCUT2D eigenvalue weighted by atomic mass is 32.2. The molecule has 1 atom stereocenters. The quantitative estimate of drug-likeness (QED) is 0.736. The van der Waals surface area contributed by atoms with Crippen LogP contribution in [0.5, 0.6) is 0 Å². The number of para-hydroxylation sites is 1. The maximum Gasteiger partial charge on any atom is 0.242 e. The molecule has 1 saturated carbocycles. The average Bonchev–Trinajstić information content (AvgIpc) is 3.07. The summed E-state index contributed by atoms with van der Waals surface area (Å²) in [6.07, 6.45) is 3.04. The molecule has 1 aromatic carbocycles. The third-order valence-electron chi connectivity index (χ3n) is 3.82. The number of sulfonamides is 1. The Bertz CT molecular complexity index is 564. The molecule has 1 unspecified atom stereocenters. The first kappa shape index (κ1) is 13.9. The molecule has 3 N–H and O–H groups in total. The van der Waals surface area contributed by atoms with Gasteiger partial charge >= 0.3 is 0 Å². The van der Waals surface area contributed by atoms with Gasteiger partial charge in [-0.15, -0.1) is 0 Å². The molecule has 1 aromatic rings. The summed E-state index contributed by atoms with van der Waals surface area (Å²) < 4.78 is 27.4. The van der Waals surface area contributed by atoms with Gasteiger partial charge in [0.1, 0.15) is 4.90 Å². The van der Waals surface area contributed by atoms with E-state index in [1.807, 2.05) is 12.1 Å². The van der Waals surface area contributed by atoms with Crippen molar-refractivity contribution >= 4 is 15.7 Å². The van der Waals surface area contributed by atoms with Gasteiger partial charge in [-0.05, 0) is 50.4 Å². The first-order valence-corrected chi connectivity index (χ1v) is 8.69. The van der Waals surface area contributed by atoms with Crippen LogP contribution in [-0.2, 0) is 10.0 Å². The Morgan fingerprint density at radius 2 is 2.00 bits per heavy atom. The van der Waals surface area contributed by atoms with Crippen molar-refractivity contribution in [2.75, 3.05) is 25.0 Å². The number of hydrogen-bond donors (Lipinski definition) is 3. The summed E-state index contributed by atoms with van der Waals surface area (Å²) in [6, 6.07) is 7.27. The highest BCUT2D eigenvalue weighted by molar-refractivity contribution is 7.89. The molecule has 20 heavy (non-hydrogen) atoms. The van der Waals surface area contributed by atoms with Gasteiger partial charge < -0.3 is 10.6 Å². The van der Waals surface area contributed by atoms with Gasteiger partial charge in [-0.25, -0.2) is 13.1 Å². The smallest absolute Gasteiger partial charge is 0.242 e. The van der Waals surface area contributed by atoms with Crippen LogP contribution in [0.25, 0.3) is 0 Å². The summed E-state index contributed by atoms with van der Waals surface area (Å²) in [4.78, 5) is 0.359. The summed E-state index contributed by atoms with van der Waals surface area (Å²) in [5.41, 5.74) is 0.701. The lowest BCUT2D eigenvalue weighted by atomic mass is 10.1. The van der Waals surface area contributed by atoms with Crippen molar-refractivity contribution in [2.24, 2.45) is 5.92 Å². The molecule has 0 amide bonds. The van der Waals surface area contributed by atoms with Crippen molar-refractivity contribution in [3.63, 3.8) is 0 Å². The van der Waals surface area contributed by atoms with Crippen molar-refractivity contribution in [1.82, 2.24) is 10.0 Å². The molecule has 0 bridgehead atoms. The molecule has 2 fully saturated rings. The van der Waals surface area contributed by atoms with Gasteiger partial charge in [0.05, 0.1) is 5.69 Å². The second kappa shape index (κ2) is 5.71. The molecule has 110 valence electrons. The van der Waals surface area contributed by atoms with Gasteiger partial charge in [0.2, 0.25) is 10.0 Å². The first-order chi connectivity index (χ1) is 9.65. The molecule has 0 spiro atoms. The predicted octanol–water partition coefficient (Wildman–Crippen LogP) is 1.15. The fourth-order valence-electron chi connectivity index (χ4n) is 2.47. The topological polar surface area (TPSA) is 70.2 Å². The Morgan fingerprint density at radius 3 is 2.70 bits per heavy atom. The third kappa shape index (κ3) is 3.31. The van der Waals surface area contributed by atoms with Crippen LogP contribution >= 0.6 is 0 Å². The van der Waals surface area contributed by atoms with Crippen LogP contribution in [0.4, 0.5) is 5.69 Å². The number of hydrogen-bond acceptors (Lipinski definition) is 4. The van der Waals surface area contributed by atoms with E-state index < -0.39 is 10.0 Å². The molecule has 2 aliphatic rings. The standard InChI is InChI=1S/C14H21N3O2S/c18-20(19,17-12-5-6-12)14-4-2-1-3-13(14)16-10-11-7-8-15-9-11/h1-4,11-12,15-17H,5-10H2. The van der Waals surface area contributed by atoms with Gasteiger partial charge in [-0.1, -0.05) is 12.1 Å². The minimum absolute atomic E-state index is 0.132. The zero-order valence-electron chi connectivity index (χ0n) is 11.4. The summed E-state index contributed by atoms with van der Waals surface area (Å²) >= 11 is 0. The number of anilines is 1. The molecule has 0 radical (unpaired) electrons. The van der Waals surface area contributed by atoms with E-state index in [4.69, 9.17) is 0 Å². The van der Waals surface area contributed by atoms with Crippen LogP contribution < -0.4 is 15.4 Å². The molecule has 1 aliphatic carbocycles.